The van der Waals surface area contributed by atoms with Gasteiger partial charge in [-0.25, -0.2) is 0 Å². The maximum absolute atomic E-state index is 3.16. The highest BCUT2D eigenvalue weighted by Gasteiger charge is 2.28. The first kappa shape index (κ1) is 18.2. The Kier molecular flexibility index (Phi) is 7.83. The first-order valence-electron chi connectivity index (χ1n) is 9.17. The first-order valence-corrected chi connectivity index (χ1v) is 9.75. The zero-order valence-corrected chi connectivity index (χ0v) is 15.7. The van der Waals surface area contributed by atoms with Gasteiger partial charge in [-0.3, -0.25) is 0 Å². The van der Waals surface area contributed by atoms with Crippen LogP contribution >= 0.6 is 9.24 Å². The van der Waals surface area contributed by atoms with Gasteiger partial charge in [0, 0.05) is 5.16 Å². The smallest absolute Gasteiger partial charge is 0.0344 e. The Morgan fingerprint density at radius 3 is 1.57 bits per heavy atom. The second-order valence-electron chi connectivity index (χ2n) is 6.57. The highest BCUT2D eigenvalue weighted by atomic mass is 31.0. The first-order chi connectivity index (χ1) is 11.3. The van der Waals surface area contributed by atoms with Gasteiger partial charge < -0.3 is 0 Å². The van der Waals surface area contributed by atoms with Crippen molar-refractivity contribution in [3.05, 3.63) is 71.8 Å². The Balaban J connectivity index is 1.98. The lowest BCUT2D eigenvalue weighted by molar-refractivity contribution is 0.542. The number of hydrogen-bond acceptors (Lipinski definition) is 0. The molecule has 0 fully saturated rings. The molecule has 2 rings (SSSR count). The minimum absolute atomic E-state index is 0.0476. The van der Waals surface area contributed by atoms with Crippen molar-refractivity contribution in [1.29, 1.82) is 0 Å². The molecular formula is C22H31P. The van der Waals surface area contributed by atoms with Crippen LogP contribution in [-0.4, -0.2) is 0 Å². The van der Waals surface area contributed by atoms with Crippen molar-refractivity contribution in [1.82, 2.24) is 0 Å². The van der Waals surface area contributed by atoms with E-state index in [4.69, 9.17) is 0 Å². The maximum atomic E-state index is 3.16. The highest BCUT2D eigenvalue weighted by molar-refractivity contribution is 7.19. The predicted molar refractivity (Wildman–Crippen MR) is 106 cm³/mol. The fraction of sp³-hybridized carbons (Fsp3) is 0.455. The van der Waals surface area contributed by atoms with Crippen LogP contribution in [0.3, 0.4) is 0 Å². The summed E-state index contributed by atoms with van der Waals surface area (Å²) in [6.45, 7) is 2.28. The van der Waals surface area contributed by atoms with Crippen molar-refractivity contribution in [3.63, 3.8) is 0 Å². The highest BCUT2D eigenvalue weighted by Crippen LogP contribution is 2.43. The third-order valence-electron chi connectivity index (χ3n) is 4.75. The Bertz CT molecular complexity index is 493. The summed E-state index contributed by atoms with van der Waals surface area (Å²) in [6.07, 6.45) is 10.7. The minimum atomic E-state index is 0.0476. The van der Waals surface area contributed by atoms with E-state index < -0.39 is 0 Å². The van der Waals surface area contributed by atoms with Crippen LogP contribution in [0.4, 0.5) is 0 Å². The molecule has 124 valence electrons. The van der Waals surface area contributed by atoms with Crippen LogP contribution in [0.25, 0.3) is 0 Å². The Hall–Kier alpha value is -1.13. The molecule has 0 saturated carbocycles. The Morgan fingerprint density at radius 2 is 1.09 bits per heavy atom. The zero-order valence-electron chi connectivity index (χ0n) is 14.5. The van der Waals surface area contributed by atoms with E-state index in [1.165, 1.54) is 62.5 Å². The molecule has 1 atom stereocenters. The molecule has 0 bridgehead atoms. The SMILES string of the molecule is CCCCCCCCCC(P)(c1ccccc1)c1ccccc1. The molecule has 0 radical (unpaired) electrons. The second kappa shape index (κ2) is 9.89. The molecule has 0 heterocycles. The molecule has 0 saturated heterocycles. The average molecular weight is 326 g/mol. The van der Waals surface area contributed by atoms with Crippen LogP contribution in [0.15, 0.2) is 60.7 Å². The van der Waals surface area contributed by atoms with Gasteiger partial charge in [0.05, 0.1) is 0 Å². The molecule has 0 spiro atoms. The lowest BCUT2D eigenvalue weighted by Crippen LogP contribution is -2.19. The Morgan fingerprint density at radius 1 is 0.652 bits per heavy atom. The summed E-state index contributed by atoms with van der Waals surface area (Å²) in [4.78, 5) is 0. The Labute approximate surface area is 144 Å². The van der Waals surface area contributed by atoms with E-state index in [1.807, 2.05) is 0 Å². The summed E-state index contributed by atoms with van der Waals surface area (Å²) in [7, 11) is 3.16. The van der Waals surface area contributed by atoms with Gasteiger partial charge in [-0.15, -0.1) is 9.24 Å². The van der Waals surface area contributed by atoms with E-state index in [0.29, 0.717) is 0 Å². The van der Waals surface area contributed by atoms with Crippen LogP contribution in [0, 0.1) is 0 Å². The van der Waals surface area contributed by atoms with Gasteiger partial charge in [-0.05, 0) is 17.5 Å². The van der Waals surface area contributed by atoms with Crippen molar-refractivity contribution in [2.45, 2.75) is 63.4 Å². The maximum Gasteiger partial charge on any atom is 0.0344 e. The van der Waals surface area contributed by atoms with Crippen molar-refractivity contribution in [2.24, 2.45) is 0 Å². The van der Waals surface area contributed by atoms with Crippen molar-refractivity contribution in [3.8, 4) is 0 Å². The molecule has 0 aliphatic rings. The molecule has 0 nitrogen and oxygen atoms in total. The monoisotopic (exact) mass is 326 g/mol. The van der Waals surface area contributed by atoms with E-state index >= 15 is 0 Å². The van der Waals surface area contributed by atoms with Gasteiger partial charge >= 0.3 is 0 Å². The van der Waals surface area contributed by atoms with Crippen LogP contribution in [0.5, 0.6) is 0 Å². The van der Waals surface area contributed by atoms with Crippen LogP contribution in [0.1, 0.15) is 69.4 Å². The second-order valence-corrected chi connectivity index (χ2v) is 7.56. The van der Waals surface area contributed by atoms with Crippen LogP contribution < -0.4 is 0 Å². The van der Waals surface area contributed by atoms with E-state index in [-0.39, 0.29) is 5.16 Å². The fourth-order valence-electron chi connectivity index (χ4n) is 3.29. The number of rotatable bonds is 10. The quantitative estimate of drug-likeness (QED) is 0.327. The molecule has 2 aromatic rings. The van der Waals surface area contributed by atoms with Gasteiger partial charge in [0.25, 0.3) is 0 Å². The number of unbranched alkanes of at least 4 members (excludes halogenated alkanes) is 6. The van der Waals surface area contributed by atoms with Gasteiger partial charge in [0.1, 0.15) is 0 Å². The normalized spacial score (nSPS) is 11.6. The van der Waals surface area contributed by atoms with E-state index in [0.717, 1.165) is 0 Å². The van der Waals surface area contributed by atoms with Gasteiger partial charge in [0.2, 0.25) is 0 Å². The topological polar surface area (TPSA) is 0 Å². The van der Waals surface area contributed by atoms with E-state index in [1.54, 1.807) is 0 Å². The molecule has 0 aliphatic heterocycles. The molecule has 1 heteroatoms. The third kappa shape index (κ3) is 5.47. The summed E-state index contributed by atoms with van der Waals surface area (Å²) in [6, 6.07) is 21.9. The number of hydrogen-bond donors (Lipinski definition) is 0. The minimum Gasteiger partial charge on any atom is -0.122 e. The molecule has 2 aromatic carbocycles. The zero-order chi connectivity index (χ0) is 16.4. The molecule has 0 amide bonds. The van der Waals surface area contributed by atoms with Crippen molar-refractivity contribution < 1.29 is 0 Å². The standard InChI is InChI=1S/C22H31P/c1-2-3-4-5-6-7-14-19-22(23,20-15-10-8-11-16-20)21-17-12-9-13-18-21/h8-13,15-18H,2-7,14,19,23H2,1H3. The van der Waals surface area contributed by atoms with Crippen LogP contribution in [-0.2, 0) is 5.16 Å². The van der Waals surface area contributed by atoms with Gasteiger partial charge in [0.15, 0.2) is 0 Å². The molecule has 0 N–H and O–H groups in total. The fourth-order valence-corrected chi connectivity index (χ4v) is 3.88. The molecular weight excluding hydrogens is 295 g/mol. The summed E-state index contributed by atoms with van der Waals surface area (Å²) in [5.74, 6) is 0. The van der Waals surface area contributed by atoms with E-state index in [9.17, 15) is 0 Å². The van der Waals surface area contributed by atoms with Crippen molar-refractivity contribution in [2.75, 3.05) is 0 Å². The lowest BCUT2D eigenvalue weighted by atomic mass is 9.85. The number of benzene rings is 2. The van der Waals surface area contributed by atoms with Crippen LogP contribution in [0.2, 0.25) is 0 Å². The third-order valence-corrected chi connectivity index (χ3v) is 5.71. The van der Waals surface area contributed by atoms with Gasteiger partial charge in [-0.2, -0.15) is 0 Å². The van der Waals surface area contributed by atoms with Gasteiger partial charge in [-0.1, -0.05) is 113 Å². The molecule has 0 aromatic heterocycles. The lowest BCUT2D eigenvalue weighted by Gasteiger charge is -2.31. The summed E-state index contributed by atoms with van der Waals surface area (Å²) in [5, 5.41) is 0.0476. The predicted octanol–water partition coefficient (Wildman–Crippen LogP) is 6.95. The summed E-state index contributed by atoms with van der Waals surface area (Å²) < 4.78 is 0. The summed E-state index contributed by atoms with van der Waals surface area (Å²) >= 11 is 0. The molecule has 23 heavy (non-hydrogen) atoms. The summed E-state index contributed by atoms with van der Waals surface area (Å²) in [5.41, 5.74) is 2.81. The molecule has 1 unspecified atom stereocenters. The average Bonchev–Trinajstić information content (AvgIpc) is 2.62. The van der Waals surface area contributed by atoms with Crippen molar-refractivity contribution >= 4 is 9.24 Å². The largest absolute Gasteiger partial charge is 0.122 e. The molecule has 0 aliphatic carbocycles. The van der Waals surface area contributed by atoms with E-state index in [2.05, 4.69) is 76.8 Å².